The van der Waals surface area contributed by atoms with Crippen LogP contribution in [0.4, 0.5) is 0 Å². The van der Waals surface area contributed by atoms with Crippen molar-refractivity contribution in [1.29, 1.82) is 0 Å². The third kappa shape index (κ3) is 3.95. The average molecular weight is 310 g/mol. The molecule has 0 aromatic heterocycles. The van der Waals surface area contributed by atoms with Crippen LogP contribution in [0.2, 0.25) is 5.02 Å². The second-order valence-corrected chi connectivity index (χ2v) is 7.18. The van der Waals surface area contributed by atoms with Crippen molar-refractivity contribution in [2.75, 3.05) is 0 Å². The first kappa shape index (κ1) is 15.4. The molecular formula is C11H13Cl2NO3S. The standard InChI is InChI=1S/C11H13Cl2NO3S/c1-11(2,3)14-18(16,17)9-6-7(10(13)15)4-5-8(9)12/h4-6,14H,1-3H3. The normalized spacial score (nSPS) is 12.5. The third-order valence-electron chi connectivity index (χ3n) is 1.89. The quantitative estimate of drug-likeness (QED) is 0.873. The highest BCUT2D eigenvalue weighted by Crippen LogP contribution is 2.24. The molecule has 1 rings (SSSR count). The predicted octanol–water partition coefficient (Wildman–Crippen LogP) is 2.80. The number of nitrogens with one attached hydrogen (secondary N) is 1. The highest BCUT2D eigenvalue weighted by atomic mass is 35.5. The van der Waals surface area contributed by atoms with E-state index in [0.29, 0.717) is 0 Å². The second kappa shape index (κ2) is 5.17. The Hall–Kier alpha value is -0.620. The topological polar surface area (TPSA) is 63.2 Å². The molecule has 0 aliphatic heterocycles. The Morgan fingerprint density at radius 3 is 2.28 bits per heavy atom. The highest BCUT2D eigenvalue weighted by molar-refractivity contribution is 7.89. The Morgan fingerprint density at radius 2 is 1.83 bits per heavy atom. The van der Waals surface area contributed by atoms with Crippen LogP contribution in [0, 0.1) is 0 Å². The molecule has 0 spiro atoms. The van der Waals surface area contributed by atoms with Gasteiger partial charge in [0.25, 0.3) is 5.24 Å². The monoisotopic (exact) mass is 309 g/mol. The van der Waals surface area contributed by atoms with Gasteiger partial charge in [-0.25, -0.2) is 13.1 Å². The first-order valence-electron chi connectivity index (χ1n) is 5.06. The van der Waals surface area contributed by atoms with E-state index in [1.54, 1.807) is 20.8 Å². The molecule has 0 heterocycles. The summed E-state index contributed by atoms with van der Waals surface area (Å²) in [6, 6.07) is 3.86. The van der Waals surface area contributed by atoms with Gasteiger partial charge in [0.15, 0.2) is 0 Å². The average Bonchev–Trinajstić information content (AvgIpc) is 2.13. The minimum Gasteiger partial charge on any atom is -0.276 e. The maximum Gasteiger partial charge on any atom is 0.252 e. The van der Waals surface area contributed by atoms with Crippen molar-refractivity contribution >= 4 is 38.5 Å². The first-order chi connectivity index (χ1) is 8.03. The smallest absolute Gasteiger partial charge is 0.252 e. The summed E-state index contributed by atoms with van der Waals surface area (Å²) in [7, 11) is -3.80. The lowest BCUT2D eigenvalue weighted by molar-refractivity contribution is 0.108. The number of halogens is 2. The van der Waals surface area contributed by atoms with Gasteiger partial charge in [0, 0.05) is 11.1 Å². The van der Waals surface area contributed by atoms with Gasteiger partial charge < -0.3 is 0 Å². The molecular weight excluding hydrogens is 297 g/mol. The maximum atomic E-state index is 12.1. The molecule has 7 heteroatoms. The summed E-state index contributed by atoms with van der Waals surface area (Å²) in [4.78, 5) is 10.9. The van der Waals surface area contributed by atoms with Crippen molar-refractivity contribution < 1.29 is 13.2 Å². The number of carbonyl (C=O) groups is 1. The van der Waals surface area contributed by atoms with Gasteiger partial charge in [-0.05, 0) is 50.6 Å². The molecule has 0 bridgehead atoms. The molecule has 18 heavy (non-hydrogen) atoms. The van der Waals surface area contributed by atoms with Crippen LogP contribution in [0.1, 0.15) is 31.1 Å². The van der Waals surface area contributed by atoms with Gasteiger partial charge >= 0.3 is 0 Å². The van der Waals surface area contributed by atoms with Crippen molar-refractivity contribution in [1.82, 2.24) is 4.72 Å². The number of hydrogen-bond acceptors (Lipinski definition) is 3. The molecule has 1 aromatic carbocycles. The fourth-order valence-electron chi connectivity index (χ4n) is 1.29. The molecule has 0 saturated carbocycles. The second-order valence-electron chi connectivity index (χ2n) is 4.77. The Bertz CT molecular complexity index is 576. The lowest BCUT2D eigenvalue weighted by Gasteiger charge is -2.20. The molecule has 4 nitrogen and oxygen atoms in total. The first-order valence-corrected chi connectivity index (χ1v) is 7.30. The van der Waals surface area contributed by atoms with Crippen LogP contribution in [-0.4, -0.2) is 19.2 Å². The fraction of sp³-hybridized carbons (Fsp3) is 0.364. The number of benzene rings is 1. The molecule has 0 unspecified atom stereocenters. The highest BCUT2D eigenvalue weighted by Gasteiger charge is 2.25. The van der Waals surface area contributed by atoms with Crippen molar-refractivity contribution in [2.24, 2.45) is 0 Å². The minimum absolute atomic E-state index is 0.0356. The largest absolute Gasteiger partial charge is 0.276 e. The van der Waals surface area contributed by atoms with Gasteiger partial charge in [0.1, 0.15) is 4.90 Å². The molecule has 0 radical (unpaired) electrons. The summed E-state index contributed by atoms with van der Waals surface area (Å²) >= 11 is 11.2. The summed E-state index contributed by atoms with van der Waals surface area (Å²) in [6.45, 7) is 5.11. The zero-order valence-electron chi connectivity index (χ0n) is 10.1. The molecule has 0 fully saturated rings. The van der Waals surface area contributed by atoms with Crippen LogP contribution in [0.15, 0.2) is 23.1 Å². The van der Waals surface area contributed by atoms with Crippen molar-refractivity contribution in [3.05, 3.63) is 28.8 Å². The zero-order valence-corrected chi connectivity index (χ0v) is 12.4. The number of rotatable bonds is 3. The number of hydrogen-bond donors (Lipinski definition) is 1. The summed E-state index contributed by atoms with van der Waals surface area (Å²) in [5, 5.41) is -0.702. The number of carbonyl (C=O) groups excluding carboxylic acids is 1. The molecule has 1 N–H and O–H groups in total. The van der Waals surface area contributed by atoms with Crippen LogP contribution in [0.3, 0.4) is 0 Å². The van der Waals surface area contributed by atoms with Crippen LogP contribution in [0.25, 0.3) is 0 Å². The van der Waals surface area contributed by atoms with Crippen LogP contribution < -0.4 is 4.72 Å². The number of sulfonamides is 1. The molecule has 1 aromatic rings. The van der Waals surface area contributed by atoms with Crippen molar-refractivity contribution in [2.45, 2.75) is 31.2 Å². The lowest BCUT2D eigenvalue weighted by atomic mass is 10.1. The Morgan fingerprint density at radius 1 is 1.28 bits per heavy atom. The van der Waals surface area contributed by atoms with Gasteiger partial charge in [-0.1, -0.05) is 11.6 Å². The Balaban J connectivity index is 3.32. The zero-order chi connectivity index (χ0) is 14.1. The molecule has 100 valence electrons. The van der Waals surface area contributed by atoms with E-state index in [1.165, 1.54) is 12.1 Å². The van der Waals surface area contributed by atoms with Gasteiger partial charge in [-0.2, -0.15) is 0 Å². The van der Waals surface area contributed by atoms with Gasteiger partial charge in [0.05, 0.1) is 5.02 Å². The van der Waals surface area contributed by atoms with Crippen molar-refractivity contribution in [3.63, 3.8) is 0 Å². The summed E-state index contributed by atoms with van der Waals surface area (Å²) in [5.74, 6) is 0. The molecule has 0 atom stereocenters. The van der Waals surface area contributed by atoms with E-state index in [1.807, 2.05) is 0 Å². The van der Waals surface area contributed by atoms with E-state index < -0.39 is 20.8 Å². The summed E-state index contributed by atoms with van der Waals surface area (Å²) in [6.07, 6.45) is 0. The van der Waals surface area contributed by atoms with Gasteiger partial charge in [-0.3, -0.25) is 4.79 Å². The van der Waals surface area contributed by atoms with Gasteiger partial charge in [0.2, 0.25) is 10.0 Å². The van der Waals surface area contributed by atoms with E-state index >= 15 is 0 Å². The maximum absolute atomic E-state index is 12.1. The van der Waals surface area contributed by atoms with E-state index in [9.17, 15) is 13.2 Å². The van der Waals surface area contributed by atoms with E-state index in [2.05, 4.69) is 4.72 Å². The van der Waals surface area contributed by atoms with Gasteiger partial charge in [-0.15, -0.1) is 0 Å². The summed E-state index contributed by atoms with van der Waals surface area (Å²) in [5.41, 5.74) is -0.571. The molecule has 0 aliphatic rings. The van der Waals surface area contributed by atoms with Crippen LogP contribution in [0.5, 0.6) is 0 Å². The van der Waals surface area contributed by atoms with Crippen molar-refractivity contribution in [3.8, 4) is 0 Å². The van der Waals surface area contributed by atoms with Crippen LogP contribution in [-0.2, 0) is 10.0 Å². The minimum atomic E-state index is -3.80. The third-order valence-corrected chi connectivity index (χ3v) is 4.35. The van der Waals surface area contributed by atoms with E-state index in [-0.39, 0.29) is 15.5 Å². The SMILES string of the molecule is CC(C)(C)NS(=O)(=O)c1cc(C(=O)Cl)ccc1Cl. The molecule has 0 saturated heterocycles. The Kier molecular flexibility index (Phi) is 4.43. The lowest BCUT2D eigenvalue weighted by Crippen LogP contribution is -2.40. The molecule has 0 aliphatic carbocycles. The van der Waals surface area contributed by atoms with E-state index in [4.69, 9.17) is 23.2 Å². The summed E-state index contributed by atoms with van der Waals surface area (Å²) < 4.78 is 26.6. The van der Waals surface area contributed by atoms with Crippen LogP contribution >= 0.6 is 23.2 Å². The predicted molar refractivity (Wildman–Crippen MR) is 71.7 cm³/mol. The molecule has 0 amide bonds. The Labute approximate surface area is 116 Å². The van der Waals surface area contributed by atoms with E-state index in [0.717, 1.165) is 6.07 Å². The fourth-order valence-corrected chi connectivity index (χ4v) is 3.35.